The zero-order valence-corrected chi connectivity index (χ0v) is 13.7. The molecule has 0 heterocycles. The van der Waals surface area contributed by atoms with Gasteiger partial charge in [-0.2, -0.15) is 5.10 Å². The molecule has 8 heteroatoms. The number of aryl methyl sites for hydroxylation is 2. The third kappa shape index (κ3) is 4.77. The van der Waals surface area contributed by atoms with E-state index in [0.29, 0.717) is 16.7 Å². The molecule has 0 aliphatic rings. The summed E-state index contributed by atoms with van der Waals surface area (Å²) in [6, 6.07) is 9.24. The van der Waals surface area contributed by atoms with Gasteiger partial charge in [-0.05, 0) is 48.7 Å². The number of nitro groups is 1. The maximum absolute atomic E-state index is 11.7. The van der Waals surface area contributed by atoms with Gasteiger partial charge in [-0.15, -0.1) is 0 Å². The van der Waals surface area contributed by atoms with Crippen molar-refractivity contribution in [2.24, 2.45) is 5.10 Å². The van der Waals surface area contributed by atoms with Gasteiger partial charge in [0.15, 0.2) is 12.4 Å². The molecular weight excluding hydrogens is 326 g/mol. The maximum Gasteiger partial charge on any atom is 0.310 e. The first-order chi connectivity index (χ1) is 11.9. The monoisotopic (exact) mass is 343 g/mol. The topological polar surface area (TPSA) is 114 Å². The van der Waals surface area contributed by atoms with E-state index in [2.05, 4.69) is 10.5 Å². The standard InChI is InChI=1S/C17H17N3O5/c1-11-7-13(8-12(2)17(11)22)9-18-19-16(21)10-25-15-6-4-3-5-14(15)20(23)24/h3-9,22H,10H2,1-2H3,(H,19,21)/b18-9+. The number of phenols is 1. The Kier molecular flexibility index (Phi) is 5.67. The number of nitro benzene ring substituents is 1. The lowest BCUT2D eigenvalue weighted by molar-refractivity contribution is -0.385. The number of benzene rings is 2. The first kappa shape index (κ1) is 17.9. The molecule has 0 saturated heterocycles. The number of hydrazone groups is 1. The Labute approximate surface area is 143 Å². The Balaban J connectivity index is 1.92. The number of hydrogen-bond acceptors (Lipinski definition) is 6. The second-order valence-electron chi connectivity index (χ2n) is 5.31. The highest BCUT2D eigenvalue weighted by atomic mass is 16.6. The molecule has 0 spiro atoms. The molecule has 2 rings (SSSR count). The van der Waals surface area contributed by atoms with Gasteiger partial charge in [0.2, 0.25) is 0 Å². The smallest absolute Gasteiger partial charge is 0.310 e. The van der Waals surface area contributed by atoms with Crippen molar-refractivity contribution in [1.29, 1.82) is 0 Å². The van der Waals surface area contributed by atoms with Crippen LogP contribution in [0.2, 0.25) is 0 Å². The maximum atomic E-state index is 11.7. The minimum absolute atomic E-state index is 0.0106. The van der Waals surface area contributed by atoms with E-state index in [-0.39, 0.29) is 17.2 Å². The van der Waals surface area contributed by atoms with Crippen molar-refractivity contribution in [2.45, 2.75) is 13.8 Å². The summed E-state index contributed by atoms with van der Waals surface area (Å²) in [5, 5.41) is 24.4. The zero-order chi connectivity index (χ0) is 18.4. The Morgan fingerprint density at radius 2 is 1.96 bits per heavy atom. The Hall–Kier alpha value is -3.42. The second-order valence-corrected chi connectivity index (χ2v) is 5.31. The minimum Gasteiger partial charge on any atom is -0.507 e. The van der Waals surface area contributed by atoms with Crippen LogP contribution in [-0.4, -0.2) is 28.8 Å². The van der Waals surface area contributed by atoms with Gasteiger partial charge in [0, 0.05) is 6.07 Å². The van der Waals surface area contributed by atoms with Crippen molar-refractivity contribution in [2.75, 3.05) is 6.61 Å². The van der Waals surface area contributed by atoms with Crippen LogP contribution in [0.15, 0.2) is 41.5 Å². The number of aromatic hydroxyl groups is 1. The van der Waals surface area contributed by atoms with Crippen LogP contribution >= 0.6 is 0 Å². The number of carbonyl (C=O) groups is 1. The molecule has 0 aliphatic heterocycles. The van der Waals surface area contributed by atoms with Crippen molar-refractivity contribution in [3.63, 3.8) is 0 Å². The predicted octanol–water partition coefficient (Wildman–Crippen LogP) is 2.45. The third-order valence-corrected chi connectivity index (χ3v) is 3.34. The fourth-order valence-electron chi connectivity index (χ4n) is 2.15. The molecule has 1 amide bonds. The number of phenolic OH excluding ortho intramolecular Hbond substituents is 1. The average molecular weight is 343 g/mol. The van der Waals surface area contributed by atoms with Gasteiger partial charge in [0.1, 0.15) is 5.75 Å². The number of carbonyl (C=O) groups excluding carboxylic acids is 1. The summed E-state index contributed by atoms with van der Waals surface area (Å²) >= 11 is 0. The predicted molar refractivity (Wildman–Crippen MR) is 91.9 cm³/mol. The number of nitrogens with zero attached hydrogens (tertiary/aromatic N) is 2. The van der Waals surface area contributed by atoms with Crippen LogP contribution in [0.4, 0.5) is 5.69 Å². The lowest BCUT2D eigenvalue weighted by atomic mass is 10.1. The van der Waals surface area contributed by atoms with Gasteiger partial charge in [-0.25, -0.2) is 5.43 Å². The van der Waals surface area contributed by atoms with Gasteiger partial charge in [-0.1, -0.05) is 12.1 Å². The highest BCUT2D eigenvalue weighted by molar-refractivity contribution is 5.83. The van der Waals surface area contributed by atoms with Gasteiger partial charge in [0.05, 0.1) is 11.1 Å². The van der Waals surface area contributed by atoms with Crippen LogP contribution in [0.1, 0.15) is 16.7 Å². The summed E-state index contributed by atoms with van der Waals surface area (Å²) in [7, 11) is 0. The number of ether oxygens (including phenoxy) is 1. The molecule has 0 saturated carbocycles. The van der Waals surface area contributed by atoms with Crippen LogP contribution in [-0.2, 0) is 4.79 Å². The van der Waals surface area contributed by atoms with Crippen molar-refractivity contribution in [1.82, 2.24) is 5.43 Å². The molecule has 0 unspecified atom stereocenters. The van der Waals surface area contributed by atoms with Crippen LogP contribution in [0.3, 0.4) is 0 Å². The molecule has 0 bridgehead atoms. The van der Waals surface area contributed by atoms with Gasteiger partial charge >= 0.3 is 5.69 Å². The first-order valence-corrected chi connectivity index (χ1v) is 7.37. The van der Waals surface area contributed by atoms with E-state index < -0.39 is 17.4 Å². The van der Waals surface area contributed by atoms with E-state index in [1.807, 2.05) is 0 Å². The summed E-state index contributed by atoms with van der Waals surface area (Å²) in [6.45, 7) is 3.12. The van der Waals surface area contributed by atoms with Gasteiger partial charge < -0.3 is 9.84 Å². The molecule has 2 aromatic carbocycles. The molecule has 2 N–H and O–H groups in total. The zero-order valence-electron chi connectivity index (χ0n) is 13.7. The van der Waals surface area contributed by atoms with E-state index in [9.17, 15) is 20.0 Å². The van der Waals surface area contributed by atoms with Crippen LogP contribution < -0.4 is 10.2 Å². The summed E-state index contributed by atoms with van der Waals surface area (Å²) in [4.78, 5) is 22.0. The number of amides is 1. The molecule has 0 aliphatic carbocycles. The number of para-hydroxylation sites is 2. The lowest BCUT2D eigenvalue weighted by Gasteiger charge is -2.06. The van der Waals surface area contributed by atoms with E-state index in [1.54, 1.807) is 32.0 Å². The van der Waals surface area contributed by atoms with E-state index in [4.69, 9.17) is 4.74 Å². The molecule has 0 radical (unpaired) electrons. The summed E-state index contributed by atoms with van der Waals surface area (Å²) < 4.78 is 5.16. The number of hydrogen-bond donors (Lipinski definition) is 2. The largest absolute Gasteiger partial charge is 0.507 e. The Morgan fingerprint density at radius 3 is 2.60 bits per heavy atom. The van der Waals surface area contributed by atoms with Gasteiger partial charge in [0.25, 0.3) is 5.91 Å². The highest BCUT2D eigenvalue weighted by Crippen LogP contribution is 2.25. The normalized spacial score (nSPS) is 10.6. The van der Waals surface area contributed by atoms with E-state index in [1.165, 1.54) is 24.4 Å². The molecule has 25 heavy (non-hydrogen) atoms. The SMILES string of the molecule is Cc1cc(/C=N/NC(=O)COc2ccccc2[N+](=O)[O-])cc(C)c1O. The van der Waals surface area contributed by atoms with E-state index in [0.717, 1.165) is 0 Å². The van der Waals surface area contributed by atoms with Crippen molar-refractivity contribution < 1.29 is 19.6 Å². The van der Waals surface area contributed by atoms with Gasteiger partial charge in [-0.3, -0.25) is 14.9 Å². The van der Waals surface area contributed by atoms with Crippen molar-refractivity contribution in [3.05, 3.63) is 63.2 Å². The minimum atomic E-state index is -0.582. The third-order valence-electron chi connectivity index (χ3n) is 3.34. The molecule has 8 nitrogen and oxygen atoms in total. The highest BCUT2D eigenvalue weighted by Gasteiger charge is 2.14. The lowest BCUT2D eigenvalue weighted by Crippen LogP contribution is -2.24. The van der Waals surface area contributed by atoms with Crippen LogP contribution in [0, 0.1) is 24.0 Å². The molecule has 2 aromatic rings. The average Bonchev–Trinajstić information content (AvgIpc) is 2.58. The number of nitrogens with one attached hydrogen (secondary N) is 1. The van der Waals surface area contributed by atoms with Crippen molar-refractivity contribution in [3.8, 4) is 11.5 Å². The molecule has 0 fully saturated rings. The van der Waals surface area contributed by atoms with Crippen molar-refractivity contribution >= 4 is 17.8 Å². The van der Waals surface area contributed by atoms with Crippen LogP contribution in [0.5, 0.6) is 11.5 Å². The first-order valence-electron chi connectivity index (χ1n) is 7.37. The fourth-order valence-corrected chi connectivity index (χ4v) is 2.15. The molecular formula is C17H17N3O5. The molecule has 0 atom stereocenters. The summed E-state index contributed by atoms with van der Waals surface area (Å²) in [5.74, 6) is -0.322. The molecule has 130 valence electrons. The summed E-state index contributed by atoms with van der Waals surface area (Å²) in [5.41, 5.74) is 4.18. The Bertz CT molecular complexity index is 810. The Morgan fingerprint density at radius 1 is 1.32 bits per heavy atom. The fraction of sp³-hybridized carbons (Fsp3) is 0.176. The number of rotatable bonds is 6. The molecule has 0 aromatic heterocycles. The van der Waals surface area contributed by atoms with E-state index >= 15 is 0 Å². The quantitative estimate of drug-likeness (QED) is 0.475. The van der Waals surface area contributed by atoms with Crippen LogP contribution in [0.25, 0.3) is 0 Å². The summed E-state index contributed by atoms with van der Waals surface area (Å²) in [6.07, 6.45) is 1.43. The second kappa shape index (κ2) is 7.91.